The Bertz CT molecular complexity index is 2910. The zero-order valence-electron chi connectivity index (χ0n) is 44.6. The van der Waals surface area contributed by atoms with Gasteiger partial charge in [-0.25, -0.2) is 18.7 Å². The topological polar surface area (TPSA) is 256 Å². The van der Waals surface area contributed by atoms with E-state index in [1.165, 1.54) is 70.2 Å². The van der Waals surface area contributed by atoms with Gasteiger partial charge in [-0.2, -0.15) is 10.4 Å². The number of ketones is 1. The van der Waals surface area contributed by atoms with Crippen LogP contribution in [0, 0.1) is 28.9 Å². The first-order valence-electron chi connectivity index (χ1n) is 26.3. The number of hydrogen-bond acceptors (Lipinski definition) is 17. The molecule has 24 heteroatoms. The molecule has 4 N–H and O–H groups in total. The SMILES string of the molecule is CN[C@@H](C)C(=O)N[C@H](C(=O)N1CCC[C@H]1C1=NC(C(=O)c2ccc(F)cc2)CS1)C1CCN(CCOCCOCCC(=O)N(C)CCn2nc(C#N)c3c2CN(C)C(=O)c2ccc(F)cc2[C@@H](C)Oc2nc-3cnc2N)CC1. The summed E-state index contributed by atoms with van der Waals surface area (Å²) in [5.74, 6) is -1.89. The van der Waals surface area contributed by atoms with Crippen LogP contribution < -0.4 is 21.1 Å². The molecule has 4 aliphatic heterocycles. The van der Waals surface area contributed by atoms with Crippen LogP contribution in [-0.2, 0) is 36.9 Å². The number of fused-ring (bicyclic) bond motifs is 5. The van der Waals surface area contributed by atoms with Gasteiger partial charge in [-0.3, -0.25) is 33.6 Å². The highest BCUT2D eigenvalue weighted by atomic mass is 32.2. The van der Waals surface area contributed by atoms with Crippen molar-refractivity contribution in [3.8, 4) is 23.2 Å². The zero-order chi connectivity index (χ0) is 55.6. The van der Waals surface area contributed by atoms with E-state index in [1.54, 1.807) is 39.7 Å². The van der Waals surface area contributed by atoms with E-state index in [1.807, 2.05) is 4.90 Å². The molecule has 4 aliphatic rings. The monoisotopic (exact) mass is 1100 g/mol. The standard InChI is InChI=1S/C54H67F2N13O8S/c1-32(59-3)50(72)63-47(54(74)68-17-6-7-43(68)52-62-42(31-78-52)48(71)35-8-10-36(55)11-9-35)34-14-18-67(19-15-34)22-24-76-26-25-75-23-16-45(70)65(4)20-21-69-44-30-66(5)53(73)38-13-12-37(56)27-39(38)33(2)77-51-49(58)60-29-41(61-51)46(44)40(28-57)64-69/h8-13,27,29,32-34,42-43,47,59H,6-7,14-26,30-31H2,1-5H3,(H2,58,60)(H,63,72)/t32-,33+,42?,43-,47-/m0/s1. The zero-order valence-corrected chi connectivity index (χ0v) is 45.4. The Hall–Kier alpha value is -6.91. The number of rotatable bonds is 20. The van der Waals surface area contributed by atoms with Gasteiger partial charge in [0.05, 0.1) is 86.2 Å². The van der Waals surface area contributed by atoms with Crippen LogP contribution in [0.5, 0.6) is 5.88 Å². The summed E-state index contributed by atoms with van der Waals surface area (Å²) in [7, 11) is 4.94. The Morgan fingerprint density at radius 2 is 1.74 bits per heavy atom. The molecule has 78 heavy (non-hydrogen) atoms. The van der Waals surface area contributed by atoms with Gasteiger partial charge in [-0.15, -0.1) is 11.8 Å². The second-order valence-electron chi connectivity index (χ2n) is 19.9. The summed E-state index contributed by atoms with van der Waals surface area (Å²) < 4.78 is 47.3. The molecule has 0 spiro atoms. The van der Waals surface area contributed by atoms with Gasteiger partial charge in [0.2, 0.25) is 17.7 Å². The van der Waals surface area contributed by atoms with Crippen LogP contribution in [0.3, 0.4) is 0 Å². The number of nitrogens with zero attached hydrogens (tertiary/aromatic N) is 10. The lowest BCUT2D eigenvalue weighted by Crippen LogP contribution is -2.58. The fraction of sp³-hybridized carbons (Fsp3) is 0.519. The van der Waals surface area contributed by atoms with Gasteiger partial charge in [0, 0.05) is 56.2 Å². The minimum atomic E-state index is -0.836. The molecule has 4 aromatic rings. The smallest absolute Gasteiger partial charge is 0.258 e. The van der Waals surface area contributed by atoms with Crippen molar-refractivity contribution < 1.29 is 47.0 Å². The summed E-state index contributed by atoms with van der Waals surface area (Å²) in [5.41, 5.74) is 8.08. The lowest BCUT2D eigenvalue weighted by Gasteiger charge is -2.38. The highest BCUT2D eigenvalue weighted by molar-refractivity contribution is 8.14. The number of Topliss-reactive ketones (excluding diaryl/α,β-unsaturated/α-hetero) is 1. The Balaban J connectivity index is 0.779. The number of carbonyl (C=O) groups is 5. The van der Waals surface area contributed by atoms with E-state index in [0.717, 1.165) is 11.5 Å². The number of nitrogens with two attached hydrogens (primary N) is 1. The molecule has 0 aliphatic carbocycles. The summed E-state index contributed by atoms with van der Waals surface area (Å²) in [6, 6.07) is 9.27. The number of thioether (sulfide) groups is 1. The quantitative estimate of drug-likeness (QED) is 0.0839. The van der Waals surface area contributed by atoms with Crippen LogP contribution >= 0.6 is 11.8 Å². The number of anilines is 1. The lowest BCUT2D eigenvalue weighted by molar-refractivity contribution is -0.138. The molecule has 1 unspecified atom stereocenters. The molecule has 0 saturated carbocycles. The highest BCUT2D eigenvalue weighted by Crippen LogP contribution is 2.35. The molecular formula is C54H67F2N13O8S. The Morgan fingerprint density at radius 3 is 2.47 bits per heavy atom. The molecule has 0 radical (unpaired) electrons. The van der Waals surface area contributed by atoms with Gasteiger partial charge >= 0.3 is 0 Å². The maximum atomic E-state index is 14.5. The average Bonchev–Trinajstić information content (AvgIpc) is 4.26. The van der Waals surface area contributed by atoms with Crippen molar-refractivity contribution in [2.45, 2.75) is 89.3 Å². The first kappa shape index (κ1) is 57.3. The van der Waals surface area contributed by atoms with Crippen molar-refractivity contribution in [1.29, 1.82) is 5.26 Å². The first-order chi connectivity index (χ1) is 37.5. The number of carbonyl (C=O) groups excluding carboxylic acids is 5. The molecule has 21 nitrogen and oxygen atoms in total. The number of piperidine rings is 1. The van der Waals surface area contributed by atoms with Crippen molar-refractivity contribution in [1.82, 2.24) is 50.0 Å². The van der Waals surface area contributed by atoms with Crippen molar-refractivity contribution in [2.24, 2.45) is 10.9 Å². The number of likely N-dealkylation sites (N-methyl/N-ethyl adjacent to an activating group) is 2. The summed E-state index contributed by atoms with van der Waals surface area (Å²) in [6.07, 6.45) is 3.53. The second kappa shape index (κ2) is 26.2. The number of nitrogen functional groups attached to an aromatic ring is 1. The number of aromatic nitrogens is 4. The van der Waals surface area contributed by atoms with E-state index in [0.29, 0.717) is 86.8 Å². The van der Waals surface area contributed by atoms with E-state index in [-0.39, 0.29) is 103 Å². The third-order valence-electron chi connectivity index (χ3n) is 14.8. The van der Waals surface area contributed by atoms with Crippen molar-refractivity contribution >= 4 is 52.0 Å². The van der Waals surface area contributed by atoms with E-state index in [2.05, 4.69) is 36.7 Å². The maximum Gasteiger partial charge on any atom is 0.258 e. The predicted molar refractivity (Wildman–Crippen MR) is 286 cm³/mol. The molecule has 2 saturated heterocycles. The highest BCUT2D eigenvalue weighted by Gasteiger charge is 2.43. The molecule has 2 fully saturated rings. The van der Waals surface area contributed by atoms with E-state index in [9.17, 15) is 38.0 Å². The molecule has 416 valence electrons. The number of likely N-dealkylation sites (tertiary alicyclic amines) is 2. The van der Waals surface area contributed by atoms with Crippen LogP contribution in [0.25, 0.3) is 11.3 Å². The molecule has 2 aromatic carbocycles. The Labute approximate surface area is 456 Å². The molecule has 6 heterocycles. The van der Waals surface area contributed by atoms with E-state index < -0.39 is 41.8 Å². The summed E-state index contributed by atoms with van der Waals surface area (Å²) in [5, 5.41) is 21.6. The Kier molecular flexibility index (Phi) is 19.2. The fourth-order valence-corrected chi connectivity index (χ4v) is 11.3. The number of halogens is 2. The van der Waals surface area contributed by atoms with E-state index >= 15 is 0 Å². The number of nitrogens with one attached hydrogen (secondary N) is 2. The van der Waals surface area contributed by atoms with Crippen LogP contribution in [0.2, 0.25) is 0 Å². The molecular weight excluding hydrogens is 1030 g/mol. The van der Waals surface area contributed by atoms with Gasteiger partial charge < -0.3 is 50.2 Å². The normalized spacial score (nSPS) is 19.6. The average molecular weight is 1100 g/mol. The van der Waals surface area contributed by atoms with Crippen LogP contribution in [0.1, 0.15) is 89.7 Å². The number of ether oxygens (including phenoxy) is 3. The molecule has 2 bridgehead atoms. The number of amides is 4. The number of benzene rings is 2. The molecule has 2 aromatic heterocycles. The van der Waals surface area contributed by atoms with Crippen molar-refractivity contribution in [2.75, 3.05) is 91.8 Å². The summed E-state index contributed by atoms with van der Waals surface area (Å²) in [4.78, 5) is 88.8. The Morgan fingerprint density at radius 1 is 1.01 bits per heavy atom. The third-order valence-corrected chi connectivity index (χ3v) is 15.9. The molecule has 8 rings (SSSR count). The molecule has 4 amide bonds. The van der Waals surface area contributed by atoms with Crippen molar-refractivity contribution in [3.63, 3.8) is 0 Å². The second-order valence-corrected chi connectivity index (χ2v) is 21.0. The molecule has 5 atom stereocenters. The van der Waals surface area contributed by atoms with Gasteiger partial charge in [0.25, 0.3) is 11.8 Å². The minimum absolute atomic E-state index is 0.0173. The van der Waals surface area contributed by atoms with Crippen molar-refractivity contribution in [3.05, 3.63) is 88.4 Å². The maximum absolute atomic E-state index is 14.5. The number of aliphatic imine (C=N–C) groups is 1. The van der Waals surface area contributed by atoms with Gasteiger partial charge in [-0.1, -0.05) is 0 Å². The number of nitriles is 1. The third kappa shape index (κ3) is 13.5. The minimum Gasteiger partial charge on any atom is -0.467 e. The van der Waals surface area contributed by atoms with Crippen LogP contribution in [0.15, 0.2) is 53.7 Å². The fourth-order valence-electron chi connectivity index (χ4n) is 10.1. The van der Waals surface area contributed by atoms with E-state index in [4.69, 9.17) is 24.9 Å². The summed E-state index contributed by atoms with van der Waals surface area (Å²) >= 11 is 1.48. The van der Waals surface area contributed by atoms with Crippen LogP contribution in [0.4, 0.5) is 14.6 Å². The van der Waals surface area contributed by atoms with Gasteiger partial charge in [0.15, 0.2) is 17.3 Å². The largest absolute Gasteiger partial charge is 0.467 e. The van der Waals surface area contributed by atoms with Gasteiger partial charge in [0.1, 0.15) is 35.9 Å². The number of hydrogen-bond donors (Lipinski definition) is 3. The summed E-state index contributed by atoms with van der Waals surface area (Å²) in [6.45, 7) is 7.59. The van der Waals surface area contributed by atoms with Gasteiger partial charge in [-0.05, 0) is 108 Å². The van der Waals surface area contributed by atoms with Crippen LogP contribution in [-0.4, -0.2) is 184 Å². The first-order valence-corrected chi connectivity index (χ1v) is 27.3. The lowest BCUT2D eigenvalue weighted by atomic mass is 9.88. The predicted octanol–water partition coefficient (Wildman–Crippen LogP) is 3.87.